The van der Waals surface area contributed by atoms with E-state index in [1.807, 2.05) is 31.2 Å². The summed E-state index contributed by atoms with van der Waals surface area (Å²) in [5.41, 5.74) is 5.23. The van der Waals surface area contributed by atoms with Gasteiger partial charge in [0.1, 0.15) is 16.3 Å². The van der Waals surface area contributed by atoms with Gasteiger partial charge in [-0.3, -0.25) is 14.2 Å². The van der Waals surface area contributed by atoms with E-state index in [0.717, 1.165) is 41.8 Å². The number of amides is 1. The van der Waals surface area contributed by atoms with E-state index < -0.39 is 0 Å². The summed E-state index contributed by atoms with van der Waals surface area (Å²) in [6.45, 7) is 4.18. The van der Waals surface area contributed by atoms with Crippen molar-refractivity contribution < 1.29 is 14.6 Å². The quantitative estimate of drug-likeness (QED) is 0.138. The van der Waals surface area contributed by atoms with Crippen molar-refractivity contribution in [3.8, 4) is 17.2 Å². The van der Waals surface area contributed by atoms with Gasteiger partial charge in [-0.05, 0) is 81.5 Å². The molecular formula is C28H28N4O4S2. The van der Waals surface area contributed by atoms with E-state index in [9.17, 15) is 14.7 Å². The van der Waals surface area contributed by atoms with Gasteiger partial charge >= 0.3 is 0 Å². The van der Waals surface area contributed by atoms with Gasteiger partial charge in [0.2, 0.25) is 0 Å². The fraction of sp³-hybridized carbons (Fsp3) is 0.286. The van der Waals surface area contributed by atoms with Gasteiger partial charge in [0.05, 0.1) is 29.1 Å². The number of carbonyl (C=O) groups excluding carboxylic acids is 1. The Morgan fingerprint density at radius 2 is 1.95 bits per heavy atom. The second-order valence-electron chi connectivity index (χ2n) is 8.89. The number of nitrogens with one attached hydrogen (secondary N) is 1. The Labute approximate surface area is 228 Å². The predicted octanol–water partition coefficient (Wildman–Crippen LogP) is 5.06. The van der Waals surface area contributed by atoms with Gasteiger partial charge in [-0.1, -0.05) is 23.9 Å². The first-order valence-corrected chi connectivity index (χ1v) is 14.3. The number of hydrogen-bond donors (Lipinski definition) is 2. The monoisotopic (exact) mass is 548 g/mol. The highest BCUT2D eigenvalue weighted by molar-refractivity contribution is 7.99. The van der Waals surface area contributed by atoms with E-state index in [2.05, 4.69) is 10.5 Å². The first-order chi connectivity index (χ1) is 18.5. The summed E-state index contributed by atoms with van der Waals surface area (Å²) >= 11 is 2.77. The van der Waals surface area contributed by atoms with Crippen molar-refractivity contribution in [2.45, 2.75) is 44.7 Å². The van der Waals surface area contributed by atoms with Crippen LogP contribution in [0.4, 0.5) is 0 Å². The second-order valence-corrected chi connectivity index (χ2v) is 10.9. The number of phenolic OH excluding ortho intramolecular Hbond substituents is 1. The number of aromatic nitrogens is 2. The molecule has 0 unspecified atom stereocenters. The number of ether oxygens (including phenoxy) is 1. The molecule has 1 aliphatic carbocycles. The number of aryl methyl sites for hydroxylation is 2. The minimum absolute atomic E-state index is 0.0115. The smallest absolute Gasteiger partial charge is 0.267 e. The standard InChI is InChI=1S/C28H28N4O4S2/c1-3-36-19-14-12-18(13-15-19)32-27(35)25-21-9-5-7-11-23(21)38-26(25)29-28(32)37-16-24(34)31-30-17(2)20-8-4-6-10-22(20)33/h4,6,8,10,12-15,33H,3,5,7,9,11,16H2,1-2H3,(H,31,34). The molecule has 2 N–H and O–H groups in total. The van der Waals surface area contributed by atoms with Gasteiger partial charge in [-0.2, -0.15) is 5.10 Å². The van der Waals surface area contributed by atoms with Gasteiger partial charge < -0.3 is 9.84 Å². The summed E-state index contributed by atoms with van der Waals surface area (Å²) in [7, 11) is 0. The molecule has 5 rings (SSSR count). The van der Waals surface area contributed by atoms with Crippen LogP contribution in [-0.4, -0.2) is 38.6 Å². The minimum Gasteiger partial charge on any atom is -0.507 e. The molecule has 0 spiro atoms. The largest absolute Gasteiger partial charge is 0.507 e. The maximum Gasteiger partial charge on any atom is 0.267 e. The molecule has 0 atom stereocenters. The number of thiophene rings is 1. The predicted molar refractivity (Wildman–Crippen MR) is 152 cm³/mol. The van der Waals surface area contributed by atoms with Crippen molar-refractivity contribution in [2.24, 2.45) is 5.10 Å². The maximum absolute atomic E-state index is 13.9. The minimum atomic E-state index is -0.345. The molecule has 0 radical (unpaired) electrons. The van der Waals surface area contributed by atoms with Crippen molar-refractivity contribution in [3.63, 3.8) is 0 Å². The van der Waals surface area contributed by atoms with Crippen LogP contribution >= 0.6 is 23.1 Å². The Hall–Kier alpha value is -3.63. The Morgan fingerprint density at radius 1 is 1.18 bits per heavy atom. The molecule has 196 valence electrons. The fourth-order valence-corrected chi connectivity index (χ4v) is 6.62. The van der Waals surface area contributed by atoms with Crippen LogP contribution in [0.25, 0.3) is 15.9 Å². The molecule has 1 aliphatic rings. The van der Waals surface area contributed by atoms with E-state index >= 15 is 0 Å². The highest BCUT2D eigenvalue weighted by Gasteiger charge is 2.23. The fourth-order valence-electron chi connectivity index (χ4n) is 4.52. The number of hydrogen-bond acceptors (Lipinski definition) is 8. The summed E-state index contributed by atoms with van der Waals surface area (Å²) in [6.07, 6.45) is 4.05. The van der Waals surface area contributed by atoms with Crippen LogP contribution in [0.1, 0.15) is 42.7 Å². The number of phenols is 1. The summed E-state index contributed by atoms with van der Waals surface area (Å²) in [5, 5.41) is 15.3. The van der Waals surface area contributed by atoms with Crippen molar-refractivity contribution >= 4 is 44.9 Å². The highest BCUT2D eigenvalue weighted by Crippen LogP contribution is 2.35. The summed E-state index contributed by atoms with van der Waals surface area (Å²) in [4.78, 5) is 33.4. The summed E-state index contributed by atoms with van der Waals surface area (Å²) in [6, 6.07) is 14.1. The van der Waals surface area contributed by atoms with E-state index in [1.165, 1.54) is 16.6 Å². The average molecular weight is 549 g/mol. The van der Waals surface area contributed by atoms with Crippen LogP contribution in [-0.2, 0) is 17.6 Å². The first kappa shape index (κ1) is 26.0. The Kier molecular flexibility index (Phi) is 7.80. The average Bonchev–Trinajstić information content (AvgIpc) is 3.30. The third-order valence-electron chi connectivity index (χ3n) is 6.34. The van der Waals surface area contributed by atoms with E-state index in [-0.39, 0.29) is 23.0 Å². The van der Waals surface area contributed by atoms with Gasteiger partial charge in [0.15, 0.2) is 5.16 Å². The number of thioether (sulfide) groups is 1. The molecule has 38 heavy (non-hydrogen) atoms. The molecule has 0 aliphatic heterocycles. The topological polar surface area (TPSA) is 106 Å². The normalized spacial score (nSPS) is 13.4. The second kappa shape index (κ2) is 11.4. The molecule has 0 bridgehead atoms. The lowest BCUT2D eigenvalue weighted by Gasteiger charge is -2.14. The first-order valence-electron chi connectivity index (χ1n) is 12.5. The molecule has 0 saturated heterocycles. The van der Waals surface area contributed by atoms with Gasteiger partial charge in [-0.15, -0.1) is 11.3 Å². The lowest BCUT2D eigenvalue weighted by atomic mass is 9.97. The molecule has 8 nitrogen and oxygen atoms in total. The summed E-state index contributed by atoms with van der Waals surface area (Å²) < 4.78 is 7.16. The van der Waals surface area contributed by atoms with Gasteiger partial charge in [0, 0.05) is 10.4 Å². The maximum atomic E-state index is 13.9. The van der Waals surface area contributed by atoms with Crippen molar-refractivity contribution in [1.82, 2.24) is 15.0 Å². The van der Waals surface area contributed by atoms with Gasteiger partial charge in [0.25, 0.3) is 11.5 Å². The van der Waals surface area contributed by atoms with E-state index in [4.69, 9.17) is 9.72 Å². The van der Waals surface area contributed by atoms with E-state index in [1.54, 1.807) is 47.1 Å². The van der Waals surface area contributed by atoms with Crippen molar-refractivity contribution in [2.75, 3.05) is 12.4 Å². The molecule has 2 aromatic carbocycles. The summed E-state index contributed by atoms with van der Waals surface area (Å²) in [5.74, 6) is 0.477. The number of hydrazone groups is 1. The SMILES string of the molecule is CCOc1ccc(-n2c(SCC(=O)NN=C(C)c3ccccc3O)nc3sc4c(c3c2=O)CCCC4)cc1. The molecule has 2 aromatic heterocycles. The van der Waals surface area contributed by atoms with Crippen LogP contribution in [0, 0.1) is 0 Å². The number of fused-ring (bicyclic) bond motifs is 3. The van der Waals surface area contributed by atoms with Crippen LogP contribution < -0.4 is 15.7 Å². The van der Waals surface area contributed by atoms with E-state index in [0.29, 0.717) is 34.1 Å². The Morgan fingerprint density at radius 3 is 2.71 bits per heavy atom. The van der Waals surface area contributed by atoms with Crippen molar-refractivity contribution in [1.29, 1.82) is 0 Å². The lowest BCUT2D eigenvalue weighted by Crippen LogP contribution is -2.24. The molecular weight excluding hydrogens is 520 g/mol. The lowest BCUT2D eigenvalue weighted by molar-refractivity contribution is -0.118. The zero-order valence-corrected chi connectivity index (χ0v) is 22.8. The molecule has 0 saturated carbocycles. The number of aromatic hydroxyl groups is 1. The third-order valence-corrected chi connectivity index (χ3v) is 8.46. The molecule has 1 amide bonds. The van der Waals surface area contributed by atoms with Crippen LogP contribution in [0.15, 0.2) is 63.6 Å². The number of benzene rings is 2. The zero-order valence-electron chi connectivity index (χ0n) is 21.2. The highest BCUT2D eigenvalue weighted by atomic mass is 32.2. The van der Waals surface area contributed by atoms with Gasteiger partial charge in [-0.25, -0.2) is 10.4 Å². The number of rotatable bonds is 8. The molecule has 0 fully saturated rings. The molecule has 10 heteroatoms. The number of nitrogens with zero attached hydrogens (tertiary/aromatic N) is 3. The third kappa shape index (κ3) is 5.32. The molecule has 4 aromatic rings. The Bertz CT molecular complexity index is 1570. The molecule has 2 heterocycles. The van der Waals surface area contributed by atoms with Crippen LogP contribution in [0.5, 0.6) is 11.5 Å². The zero-order chi connectivity index (χ0) is 26.6. The Balaban J connectivity index is 1.45. The van der Waals surface area contributed by atoms with Crippen molar-refractivity contribution in [3.05, 3.63) is 74.9 Å². The number of carbonyl (C=O) groups is 1. The van der Waals surface area contributed by atoms with Crippen LogP contribution in [0.2, 0.25) is 0 Å². The number of para-hydroxylation sites is 1. The van der Waals surface area contributed by atoms with Crippen LogP contribution in [0.3, 0.4) is 0 Å².